The Morgan fingerprint density at radius 3 is 2.61 bits per heavy atom. The number of methoxy groups -OCH3 is 1. The number of hydrogen-bond donors (Lipinski definition) is 1. The van der Waals surface area contributed by atoms with Crippen molar-refractivity contribution < 1.29 is 19.1 Å². The van der Waals surface area contributed by atoms with Crippen molar-refractivity contribution in [1.82, 2.24) is 10.3 Å². The number of nitrogens with one attached hydrogen (secondary N) is 1. The molecule has 7 nitrogen and oxygen atoms in total. The van der Waals surface area contributed by atoms with E-state index in [2.05, 4.69) is 17.0 Å². The maximum Gasteiger partial charge on any atom is 0.346 e. The van der Waals surface area contributed by atoms with Crippen LogP contribution < -0.4 is 14.8 Å². The van der Waals surface area contributed by atoms with E-state index in [4.69, 9.17) is 9.47 Å². The summed E-state index contributed by atoms with van der Waals surface area (Å²) in [5.41, 5.74) is 0.139. The number of carbonyl (C=O) groups is 2. The first kappa shape index (κ1) is 19.2. The number of imide groups is 1. The molecule has 0 bridgehead atoms. The quantitative estimate of drug-likeness (QED) is 0.455. The first-order valence-corrected chi connectivity index (χ1v) is 8.67. The van der Waals surface area contributed by atoms with E-state index in [9.17, 15) is 9.59 Å². The van der Waals surface area contributed by atoms with Crippen LogP contribution in [-0.2, 0) is 10.3 Å². The van der Waals surface area contributed by atoms with Crippen LogP contribution in [0.5, 0.6) is 11.5 Å². The highest BCUT2D eigenvalue weighted by molar-refractivity contribution is 6.07. The van der Waals surface area contributed by atoms with Crippen molar-refractivity contribution in [3.05, 3.63) is 72.3 Å². The van der Waals surface area contributed by atoms with E-state index in [0.29, 0.717) is 29.2 Å². The van der Waals surface area contributed by atoms with Gasteiger partial charge in [0.15, 0.2) is 0 Å². The fraction of sp³-hybridized carbons (Fsp3) is 0.190. The molecule has 1 N–H and O–H groups in total. The minimum absolute atomic E-state index is 0.383. The van der Waals surface area contributed by atoms with Gasteiger partial charge in [-0.05, 0) is 42.3 Å². The van der Waals surface area contributed by atoms with Crippen LogP contribution in [0.4, 0.5) is 4.79 Å². The zero-order chi connectivity index (χ0) is 20.1. The van der Waals surface area contributed by atoms with Gasteiger partial charge in [-0.25, -0.2) is 4.79 Å². The largest absolute Gasteiger partial charge is 0.497 e. The summed E-state index contributed by atoms with van der Waals surface area (Å²) in [7, 11) is 1.56. The van der Waals surface area contributed by atoms with Crippen LogP contribution in [-0.4, -0.2) is 36.9 Å². The number of rotatable bonds is 7. The predicted octanol–water partition coefficient (Wildman–Crippen LogP) is 3.06. The summed E-state index contributed by atoms with van der Waals surface area (Å²) in [5, 5.41) is 7.62. The van der Waals surface area contributed by atoms with E-state index < -0.39 is 17.5 Å². The molecule has 1 aliphatic heterocycles. The Morgan fingerprint density at radius 2 is 1.93 bits per heavy atom. The van der Waals surface area contributed by atoms with Gasteiger partial charge in [0.1, 0.15) is 23.6 Å². The SMILES string of the molecule is C=CCOc1cccc(/C=N\N2C(=O)N[C@](C)(c3ccc(OC)cc3)C2=O)c1. The van der Waals surface area contributed by atoms with Crippen LogP contribution in [0.1, 0.15) is 18.1 Å². The van der Waals surface area contributed by atoms with Gasteiger partial charge >= 0.3 is 6.03 Å². The van der Waals surface area contributed by atoms with Crippen molar-refractivity contribution in [1.29, 1.82) is 0 Å². The van der Waals surface area contributed by atoms with E-state index in [0.717, 1.165) is 5.01 Å². The zero-order valence-corrected chi connectivity index (χ0v) is 15.7. The normalized spacial score (nSPS) is 19.0. The second-order valence-electron chi connectivity index (χ2n) is 6.32. The minimum Gasteiger partial charge on any atom is -0.497 e. The molecule has 3 amide bonds. The molecule has 3 rings (SSSR count). The van der Waals surface area contributed by atoms with Crippen LogP contribution >= 0.6 is 0 Å². The number of urea groups is 1. The van der Waals surface area contributed by atoms with Crippen molar-refractivity contribution >= 4 is 18.2 Å². The lowest BCUT2D eigenvalue weighted by molar-refractivity contribution is -0.131. The predicted molar refractivity (Wildman–Crippen MR) is 105 cm³/mol. The number of benzene rings is 2. The third-order valence-electron chi connectivity index (χ3n) is 4.38. The molecule has 1 atom stereocenters. The van der Waals surface area contributed by atoms with Crippen LogP contribution in [0.2, 0.25) is 0 Å². The summed E-state index contributed by atoms with van der Waals surface area (Å²) in [6.45, 7) is 5.63. The Kier molecular flexibility index (Phi) is 5.44. The van der Waals surface area contributed by atoms with Crippen LogP contribution in [0, 0.1) is 0 Å². The molecule has 0 radical (unpaired) electrons. The van der Waals surface area contributed by atoms with Crippen LogP contribution in [0.3, 0.4) is 0 Å². The lowest BCUT2D eigenvalue weighted by Gasteiger charge is -2.21. The third-order valence-corrected chi connectivity index (χ3v) is 4.38. The van der Waals surface area contributed by atoms with Gasteiger partial charge in [-0.1, -0.05) is 36.9 Å². The topological polar surface area (TPSA) is 80.2 Å². The Labute approximate surface area is 163 Å². The molecule has 1 aliphatic rings. The van der Waals surface area contributed by atoms with E-state index in [1.165, 1.54) is 6.21 Å². The van der Waals surface area contributed by atoms with Gasteiger partial charge in [0.25, 0.3) is 5.91 Å². The third kappa shape index (κ3) is 3.73. The molecule has 2 aromatic carbocycles. The highest BCUT2D eigenvalue weighted by Gasteiger charge is 2.49. The molecule has 0 aromatic heterocycles. The zero-order valence-electron chi connectivity index (χ0n) is 15.7. The van der Waals surface area contributed by atoms with Crippen molar-refractivity contribution in [3.63, 3.8) is 0 Å². The smallest absolute Gasteiger partial charge is 0.346 e. The van der Waals surface area contributed by atoms with Gasteiger partial charge in [-0.3, -0.25) is 4.79 Å². The summed E-state index contributed by atoms with van der Waals surface area (Å²) >= 11 is 0. The second-order valence-corrected chi connectivity index (χ2v) is 6.32. The van der Waals surface area contributed by atoms with Gasteiger partial charge in [-0.15, -0.1) is 5.01 Å². The molecule has 1 heterocycles. The number of nitrogens with zero attached hydrogens (tertiary/aromatic N) is 2. The fourth-order valence-corrected chi connectivity index (χ4v) is 2.81. The van der Waals surface area contributed by atoms with Gasteiger partial charge in [-0.2, -0.15) is 5.10 Å². The minimum atomic E-state index is -1.20. The molecule has 2 aromatic rings. The first-order chi connectivity index (χ1) is 13.5. The first-order valence-electron chi connectivity index (χ1n) is 8.67. The molecular weight excluding hydrogens is 358 g/mol. The molecule has 1 saturated heterocycles. The molecular formula is C21H21N3O4. The molecule has 0 saturated carbocycles. The van der Waals surface area contributed by atoms with Crippen molar-refractivity contribution in [2.24, 2.45) is 5.10 Å². The van der Waals surface area contributed by atoms with Gasteiger partial charge in [0.2, 0.25) is 0 Å². The van der Waals surface area contributed by atoms with Crippen molar-refractivity contribution in [3.8, 4) is 11.5 Å². The van der Waals surface area contributed by atoms with E-state index in [1.54, 1.807) is 68.6 Å². The van der Waals surface area contributed by atoms with Gasteiger partial charge < -0.3 is 14.8 Å². The number of amides is 3. The second kappa shape index (κ2) is 7.96. The molecule has 7 heteroatoms. The van der Waals surface area contributed by atoms with E-state index in [1.807, 2.05) is 0 Å². The summed E-state index contributed by atoms with van der Waals surface area (Å²) in [6, 6.07) is 13.5. The Bertz CT molecular complexity index is 924. The number of carbonyl (C=O) groups excluding carboxylic acids is 2. The number of hydrazone groups is 1. The Morgan fingerprint density at radius 1 is 1.18 bits per heavy atom. The summed E-state index contributed by atoms with van der Waals surface area (Å²) < 4.78 is 10.6. The fourth-order valence-electron chi connectivity index (χ4n) is 2.81. The lowest BCUT2D eigenvalue weighted by Crippen LogP contribution is -2.40. The maximum absolute atomic E-state index is 12.9. The summed E-state index contributed by atoms with van der Waals surface area (Å²) in [6.07, 6.45) is 3.09. The number of hydrogen-bond acceptors (Lipinski definition) is 5. The van der Waals surface area contributed by atoms with E-state index in [-0.39, 0.29) is 0 Å². The molecule has 1 fully saturated rings. The van der Waals surface area contributed by atoms with Gasteiger partial charge in [0.05, 0.1) is 13.3 Å². The molecule has 0 aliphatic carbocycles. The standard InChI is InChI=1S/C21H21N3O4/c1-4-12-28-18-7-5-6-15(13-18)14-22-24-19(25)21(2,23-20(24)26)16-8-10-17(27-3)11-9-16/h4-11,13-14H,1,12H2,2-3H3,(H,23,26)/b22-14-/t21-/m1/s1. The summed E-state index contributed by atoms with van der Waals surface area (Å²) in [5.74, 6) is 0.847. The van der Waals surface area contributed by atoms with Crippen LogP contribution in [0.25, 0.3) is 0 Å². The molecule has 0 unspecified atom stereocenters. The lowest BCUT2D eigenvalue weighted by atomic mass is 9.92. The Hall–Kier alpha value is -3.61. The number of ether oxygens (including phenoxy) is 2. The van der Waals surface area contributed by atoms with Crippen molar-refractivity contribution in [2.45, 2.75) is 12.5 Å². The average molecular weight is 379 g/mol. The van der Waals surface area contributed by atoms with Crippen molar-refractivity contribution in [2.75, 3.05) is 13.7 Å². The van der Waals surface area contributed by atoms with E-state index >= 15 is 0 Å². The highest BCUT2D eigenvalue weighted by Crippen LogP contribution is 2.30. The molecule has 28 heavy (non-hydrogen) atoms. The Balaban J connectivity index is 1.79. The average Bonchev–Trinajstić information content (AvgIpc) is 2.94. The monoisotopic (exact) mass is 379 g/mol. The van der Waals surface area contributed by atoms with Crippen LogP contribution in [0.15, 0.2) is 66.3 Å². The highest BCUT2D eigenvalue weighted by atomic mass is 16.5. The molecule has 144 valence electrons. The van der Waals surface area contributed by atoms with Gasteiger partial charge in [0, 0.05) is 0 Å². The maximum atomic E-state index is 12.9. The summed E-state index contributed by atoms with van der Waals surface area (Å²) in [4.78, 5) is 25.2. The molecule has 0 spiro atoms.